The standard InChI is InChI=1S/C11H13N3O6S/c12-21(19,20)6-7-3-11(16)13(5-7)9-2-1-8(15)4-10(9)14(17)18/h1-2,4,7,15H,3,5-6H2,(H2,12,19,20). The number of rotatable bonds is 4. The zero-order valence-electron chi connectivity index (χ0n) is 10.8. The van der Waals surface area contributed by atoms with Crippen LogP contribution in [0.15, 0.2) is 18.2 Å². The first-order valence-electron chi connectivity index (χ1n) is 5.95. The number of benzene rings is 1. The van der Waals surface area contributed by atoms with E-state index in [9.17, 15) is 28.4 Å². The normalized spacial score (nSPS) is 19.0. The molecule has 1 aliphatic rings. The summed E-state index contributed by atoms with van der Waals surface area (Å²) in [5.41, 5.74) is -0.390. The third-order valence-corrected chi connectivity index (χ3v) is 4.06. The van der Waals surface area contributed by atoms with Gasteiger partial charge in [-0.15, -0.1) is 0 Å². The number of hydrogen-bond acceptors (Lipinski definition) is 6. The van der Waals surface area contributed by atoms with Crippen LogP contribution in [0.4, 0.5) is 11.4 Å². The number of sulfonamides is 1. The lowest BCUT2D eigenvalue weighted by Crippen LogP contribution is -2.28. The number of primary sulfonamides is 1. The van der Waals surface area contributed by atoms with E-state index >= 15 is 0 Å². The van der Waals surface area contributed by atoms with Gasteiger partial charge in [0, 0.05) is 18.9 Å². The first-order chi connectivity index (χ1) is 9.67. The van der Waals surface area contributed by atoms with E-state index in [4.69, 9.17) is 5.14 Å². The van der Waals surface area contributed by atoms with E-state index in [1.165, 1.54) is 12.1 Å². The van der Waals surface area contributed by atoms with E-state index < -0.39 is 32.5 Å². The number of nitrogens with zero attached hydrogens (tertiary/aromatic N) is 2. The Morgan fingerprint density at radius 3 is 2.71 bits per heavy atom. The molecule has 21 heavy (non-hydrogen) atoms. The SMILES string of the molecule is NS(=O)(=O)CC1CC(=O)N(c2ccc(O)cc2[N+](=O)[O-])C1. The molecule has 2 rings (SSSR count). The number of nitro benzene ring substituents is 1. The second kappa shape index (κ2) is 5.30. The molecule has 10 heteroatoms. The van der Waals surface area contributed by atoms with Gasteiger partial charge >= 0.3 is 0 Å². The van der Waals surface area contributed by atoms with Gasteiger partial charge in [-0.2, -0.15) is 0 Å². The van der Waals surface area contributed by atoms with Gasteiger partial charge in [-0.3, -0.25) is 14.9 Å². The largest absolute Gasteiger partial charge is 0.508 e. The smallest absolute Gasteiger partial charge is 0.296 e. The number of carbonyl (C=O) groups excluding carboxylic acids is 1. The Morgan fingerprint density at radius 2 is 2.14 bits per heavy atom. The zero-order chi connectivity index (χ0) is 15.8. The van der Waals surface area contributed by atoms with Crippen LogP contribution in [0, 0.1) is 16.0 Å². The quantitative estimate of drug-likeness (QED) is 0.588. The van der Waals surface area contributed by atoms with E-state index in [1.807, 2.05) is 0 Å². The maximum atomic E-state index is 11.9. The van der Waals surface area contributed by atoms with Crippen molar-refractivity contribution in [2.24, 2.45) is 11.1 Å². The second-order valence-corrected chi connectivity index (χ2v) is 6.49. The van der Waals surface area contributed by atoms with Crippen molar-refractivity contribution in [2.45, 2.75) is 6.42 Å². The molecule has 114 valence electrons. The molecule has 1 aliphatic heterocycles. The number of nitrogens with two attached hydrogens (primary N) is 1. The summed E-state index contributed by atoms with van der Waals surface area (Å²) in [5.74, 6) is -1.59. The zero-order valence-corrected chi connectivity index (χ0v) is 11.6. The fourth-order valence-corrected chi connectivity index (χ4v) is 3.22. The molecule has 1 unspecified atom stereocenters. The lowest BCUT2D eigenvalue weighted by molar-refractivity contribution is -0.384. The summed E-state index contributed by atoms with van der Waals surface area (Å²) < 4.78 is 22.1. The van der Waals surface area contributed by atoms with Crippen molar-refractivity contribution in [3.63, 3.8) is 0 Å². The fourth-order valence-electron chi connectivity index (χ4n) is 2.34. The molecule has 3 N–H and O–H groups in total. The highest BCUT2D eigenvalue weighted by Crippen LogP contribution is 2.35. The summed E-state index contributed by atoms with van der Waals surface area (Å²) in [6.07, 6.45) is -0.0472. The fraction of sp³-hybridized carbons (Fsp3) is 0.364. The van der Waals surface area contributed by atoms with Crippen LogP contribution in [-0.2, 0) is 14.8 Å². The molecule has 1 atom stereocenters. The third-order valence-electron chi connectivity index (χ3n) is 3.12. The lowest BCUT2D eigenvalue weighted by atomic mass is 10.1. The van der Waals surface area contributed by atoms with Gasteiger partial charge < -0.3 is 10.0 Å². The summed E-state index contributed by atoms with van der Waals surface area (Å²) >= 11 is 0. The number of amides is 1. The minimum atomic E-state index is -3.72. The van der Waals surface area contributed by atoms with E-state index in [-0.39, 0.29) is 30.2 Å². The summed E-state index contributed by atoms with van der Waals surface area (Å²) in [5, 5.41) is 25.2. The molecule has 0 radical (unpaired) electrons. The van der Waals surface area contributed by atoms with E-state index in [0.717, 1.165) is 11.0 Å². The van der Waals surface area contributed by atoms with Crippen LogP contribution in [-0.4, -0.2) is 36.7 Å². The molecule has 1 aromatic rings. The van der Waals surface area contributed by atoms with Crippen molar-refractivity contribution < 1.29 is 23.2 Å². The summed E-state index contributed by atoms with van der Waals surface area (Å²) in [6, 6.07) is 3.42. The topological polar surface area (TPSA) is 144 Å². The van der Waals surface area contributed by atoms with Crippen LogP contribution in [0.3, 0.4) is 0 Å². The molecule has 0 bridgehead atoms. The van der Waals surface area contributed by atoms with Crippen molar-refractivity contribution in [3.8, 4) is 5.75 Å². The van der Waals surface area contributed by atoms with Gasteiger partial charge in [-0.05, 0) is 12.1 Å². The van der Waals surface area contributed by atoms with Gasteiger partial charge in [0.2, 0.25) is 15.9 Å². The summed E-state index contributed by atoms with van der Waals surface area (Å²) in [7, 11) is -3.72. The van der Waals surface area contributed by atoms with Gasteiger partial charge in [-0.1, -0.05) is 0 Å². The minimum Gasteiger partial charge on any atom is -0.508 e. The lowest BCUT2D eigenvalue weighted by Gasteiger charge is -2.16. The van der Waals surface area contributed by atoms with Crippen molar-refractivity contribution in [1.29, 1.82) is 0 Å². The van der Waals surface area contributed by atoms with E-state index in [1.54, 1.807) is 0 Å². The number of carbonyl (C=O) groups is 1. The Balaban J connectivity index is 2.31. The molecule has 0 aliphatic carbocycles. The van der Waals surface area contributed by atoms with Crippen LogP contribution in [0.25, 0.3) is 0 Å². The van der Waals surface area contributed by atoms with Crippen LogP contribution < -0.4 is 10.0 Å². The van der Waals surface area contributed by atoms with Gasteiger partial charge in [0.25, 0.3) is 5.69 Å². The Kier molecular flexibility index (Phi) is 3.83. The molecule has 1 heterocycles. The highest BCUT2D eigenvalue weighted by Gasteiger charge is 2.35. The molecule has 0 spiro atoms. The van der Waals surface area contributed by atoms with Crippen molar-refractivity contribution in [2.75, 3.05) is 17.2 Å². The number of nitro groups is 1. The van der Waals surface area contributed by atoms with Gasteiger partial charge in [-0.25, -0.2) is 13.6 Å². The second-order valence-electron chi connectivity index (χ2n) is 4.83. The first kappa shape index (κ1) is 15.2. The number of aromatic hydroxyl groups is 1. The van der Waals surface area contributed by atoms with Gasteiger partial charge in [0.1, 0.15) is 11.4 Å². The predicted molar refractivity (Wildman–Crippen MR) is 73.2 cm³/mol. The van der Waals surface area contributed by atoms with Crippen molar-refractivity contribution >= 4 is 27.3 Å². The number of anilines is 1. The average Bonchev–Trinajstić information content (AvgIpc) is 2.67. The molecular weight excluding hydrogens is 302 g/mol. The van der Waals surface area contributed by atoms with Crippen molar-refractivity contribution in [1.82, 2.24) is 0 Å². The Hall–Kier alpha value is -2.20. The molecular formula is C11H13N3O6S. The highest BCUT2D eigenvalue weighted by atomic mass is 32.2. The summed E-state index contributed by atoms with van der Waals surface area (Å²) in [6.45, 7) is 0.0286. The van der Waals surface area contributed by atoms with E-state index in [0.29, 0.717) is 0 Å². The Morgan fingerprint density at radius 1 is 1.48 bits per heavy atom. The van der Waals surface area contributed by atoms with Crippen LogP contribution in [0.2, 0.25) is 0 Å². The molecule has 1 aromatic carbocycles. The van der Waals surface area contributed by atoms with E-state index in [2.05, 4.69) is 0 Å². The molecule has 9 nitrogen and oxygen atoms in total. The maximum Gasteiger partial charge on any atom is 0.296 e. The maximum absolute atomic E-state index is 11.9. The predicted octanol–water partition coefficient (Wildman–Crippen LogP) is -0.0582. The third kappa shape index (κ3) is 3.47. The van der Waals surface area contributed by atoms with Crippen molar-refractivity contribution in [3.05, 3.63) is 28.3 Å². The molecule has 0 aromatic heterocycles. The number of hydrogen-bond donors (Lipinski definition) is 2. The molecule has 1 saturated heterocycles. The number of phenols is 1. The Bertz CT molecular complexity index is 702. The van der Waals surface area contributed by atoms with Crippen LogP contribution in [0.1, 0.15) is 6.42 Å². The number of phenolic OH excluding ortho intramolecular Hbond substituents is 1. The highest BCUT2D eigenvalue weighted by molar-refractivity contribution is 7.89. The summed E-state index contributed by atoms with van der Waals surface area (Å²) in [4.78, 5) is 23.4. The molecule has 0 saturated carbocycles. The monoisotopic (exact) mass is 315 g/mol. The van der Waals surface area contributed by atoms with Crippen LogP contribution >= 0.6 is 0 Å². The molecule has 1 amide bonds. The average molecular weight is 315 g/mol. The van der Waals surface area contributed by atoms with Gasteiger partial charge in [0.05, 0.1) is 16.7 Å². The Labute approximate surface area is 120 Å². The van der Waals surface area contributed by atoms with Gasteiger partial charge in [0.15, 0.2) is 0 Å². The minimum absolute atomic E-state index is 0.0275. The first-order valence-corrected chi connectivity index (χ1v) is 7.67. The molecule has 1 fully saturated rings. The van der Waals surface area contributed by atoms with Crippen LogP contribution in [0.5, 0.6) is 5.75 Å².